The quantitative estimate of drug-likeness (QED) is 0.489. The second kappa shape index (κ2) is 8.69. The van der Waals surface area contributed by atoms with Gasteiger partial charge in [-0.2, -0.15) is 0 Å². The zero-order valence-corrected chi connectivity index (χ0v) is 16.5. The van der Waals surface area contributed by atoms with Crippen molar-refractivity contribution in [3.63, 3.8) is 0 Å². The minimum absolute atomic E-state index is 0.501. The summed E-state index contributed by atoms with van der Waals surface area (Å²) in [6, 6.07) is 0. The van der Waals surface area contributed by atoms with Crippen molar-refractivity contribution in [2.75, 3.05) is 0 Å². The number of hydrogen-bond acceptors (Lipinski definition) is 3. The zero-order valence-electron chi connectivity index (χ0n) is 13.2. The minimum atomic E-state index is -2.29. The molecule has 6 heteroatoms. The molecular formula is C12H31O3PSi2. The largest absolute Gasteiger partial charge is 0.356 e. The molecule has 0 heterocycles. The Balaban J connectivity index is 4.48. The minimum Gasteiger partial charge on any atom is -0.356 e. The highest BCUT2D eigenvalue weighted by molar-refractivity contribution is 7.37. The lowest BCUT2D eigenvalue weighted by Gasteiger charge is -2.27. The molecule has 3 nitrogen and oxygen atoms in total. The summed E-state index contributed by atoms with van der Waals surface area (Å²) in [5.74, 6) is 0. The summed E-state index contributed by atoms with van der Waals surface area (Å²) in [6.07, 6.45) is 0. The summed E-state index contributed by atoms with van der Waals surface area (Å²) in [5, 5.41) is 0. The maximum atomic E-state index is 12.1. The standard InChI is InChI=1S/C12H31O3PSi2/c1-9(2)17(10(3)4)14-16(13)15-18(11(5)6)12(7)8/h9-12,16-18H,1-8H3. The third-order valence-corrected chi connectivity index (χ3v) is 12.1. The second-order valence-electron chi connectivity index (χ2n) is 6.39. The van der Waals surface area contributed by atoms with E-state index in [4.69, 9.17) is 8.43 Å². The summed E-state index contributed by atoms with van der Waals surface area (Å²) in [4.78, 5) is 0. The Morgan fingerprint density at radius 3 is 1.06 bits per heavy atom. The highest BCUT2D eigenvalue weighted by atomic mass is 31.1. The van der Waals surface area contributed by atoms with Crippen LogP contribution in [0.3, 0.4) is 0 Å². The molecule has 110 valence electrons. The van der Waals surface area contributed by atoms with Crippen molar-refractivity contribution in [1.29, 1.82) is 0 Å². The molecular weight excluding hydrogens is 279 g/mol. The van der Waals surface area contributed by atoms with Crippen molar-refractivity contribution in [1.82, 2.24) is 0 Å². The van der Waals surface area contributed by atoms with Crippen molar-refractivity contribution < 1.29 is 13.0 Å². The third-order valence-electron chi connectivity index (χ3n) is 3.09. The first-order valence-electron chi connectivity index (χ1n) is 7.04. The average molecular weight is 311 g/mol. The van der Waals surface area contributed by atoms with Crippen molar-refractivity contribution in [2.24, 2.45) is 0 Å². The van der Waals surface area contributed by atoms with E-state index in [-0.39, 0.29) is 0 Å². The molecule has 0 spiro atoms. The smallest absolute Gasteiger partial charge is 0.299 e. The molecule has 0 N–H and O–H groups in total. The Morgan fingerprint density at radius 1 is 0.667 bits per heavy atom. The lowest BCUT2D eigenvalue weighted by Crippen LogP contribution is -2.26. The molecule has 0 fully saturated rings. The van der Waals surface area contributed by atoms with Gasteiger partial charge < -0.3 is 8.43 Å². The van der Waals surface area contributed by atoms with Crippen molar-refractivity contribution >= 4 is 26.3 Å². The Morgan fingerprint density at radius 2 is 0.889 bits per heavy atom. The Hall–Kier alpha value is 0.584. The van der Waals surface area contributed by atoms with Gasteiger partial charge in [-0.05, 0) is 22.2 Å². The molecule has 0 saturated heterocycles. The molecule has 18 heavy (non-hydrogen) atoms. The van der Waals surface area contributed by atoms with Crippen LogP contribution in [0.2, 0.25) is 22.2 Å². The van der Waals surface area contributed by atoms with Gasteiger partial charge >= 0.3 is 0 Å². The Bertz CT molecular complexity index is 218. The van der Waals surface area contributed by atoms with Crippen LogP contribution in [0.15, 0.2) is 0 Å². The van der Waals surface area contributed by atoms with Crippen LogP contribution in [0.4, 0.5) is 0 Å². The molecule has 0 aliphatic carbocycles. The number of hydrogen-bond donors (Lipinski definition) is 0. The van der Waals surface area contributed by atoms with E-state index in [1.807, 2.05) is 0 Å². The van der Waals surface area contributed by atoms with E-state index in [9.17, 15) is 4.57 Å². The van der Waals surface area contributed by atoms with Crippen molar-refractivity contribution in [3.05, 3.63) is 0 Å². The highest BCUT2D eigenvalue weighted by Crippen LogP contribution is 2.37. The SMILES string of the molecule is CC(C)[SiH](O[PH](=O)O[SiH](C(C)C)C(C)C)C(C)C. The maximum absolute atomic E-state index is 12.1. The van der Waals surface area contributed by atoms with Gasteiger partial charge in [0.05, 0.1) is 0 Å². The predicted octanol–water partition coefficient (Wildman–Crippen LogP) is 4.50. The third kappa shape index (κ3) is 6.66. The van der Waals surface area contributed by atoms with Crippen molar-refractivity contribution in [3.8, 4) is 0 Å². The summed E-state index contributed by atoms with van der Waals surface area (Å²) in [6.45, 7) is 17.3. The maximum Gasteiger partial charge on any atom is 0.299 e. The Kier molecular flexibility index (Phi) is 8.98. The van der Waals surface area contributed by atoms with Gasteiger partial charge in [-0.25, -0.2) is 0 Å². The zero-order chi connectivity index (χ0) is 14.5. The first-order valence-corrected chi connectivity index (χ1v) is 11.9. The molecule has 0 rings (SSSR count). The average Bonchev–Trinajstić information content (AvgIpc) is 2.20. The van der Waals surface area contributed by atoms with E-state index in [1.54, 1.807) is 0 Å². The molecule has 0 aromatic heterocycles. The van der Waals surface area contributed by atoms with Gasteiger partial charge in [-0.1, -0.05) is 55.4 Å². The van der Waals surface area contributed by atoms with Crippen LogP contribution in [-0.4, -0.2) is 18.1 Å². The van der Waals surface area contributed by atoms with E-state index in [2.05, 4.69) is 55.4 Å². The fourth-order valence-electron chi connectivity index (χ4n) is 2.33. The lowest BCUT2D eigenvalue weighted by atomic mass is 10.5. The van der Waals surface area contributed by atoms with Gasteiger partial charge in [0, 0.05) is 0 Å². The summed E-state index contributed by atoms with van der Waals surface area (Å²) in [7, 11) is -5.15. The Labute approximate surface area is 117 Å². The molecule has 0 amide bonds. The number of rotatable bonds is 8. The highest BCUT2D eigenvalue weighted by Gasteiger charge is 2.27. The van der Waals surface area contributed by atoms with Crippen LogP contribution in [0, 0.1) is 0 Å². The van der Waals surface area contributed by atoms with E-state index in [0.717, 1.165) is 0 Å². The van der Waals surface area contributed by atoms with E-state index >= 15 is 0 Å². The van der Waals surface area contributed by atoms with E-state index in [1.165, 1.54) is 0 Å². The van der Waals surface area contributed by atoms with Gasteiger partial charge in [0.25, 0.3) is 8.25 Å². The topological polar surface area (TPSA) is 35.5 Å². The summed E-state index contributed by atoms with van der Waals surface area (Å²) >= 11 is 0. The van der Waals surface area contributed by atoms with Gasteiger partial charge in [-0.15, -0.1) is 0 Å². The van der Waals surface area contributed by atoms with Gasteiger partial charge in [0.15, 0.2) is 18.1 Å². The van der Waals surface area contributed by atoms with E-state index < -0.39 is 26.3 Å². The normalized spacial score (nSPS) is 13.3. The molecule has 0 bridgehead atoms. The first kappa shape index (κ1) is 18.6. The second-order valence-corrected chi connectivity index (χ2v) is 16.0. The molecule has 0 radical (unpaired) electrons. The summed E-state index contributed by atoms with van der Waals surface area (Å²) in [5.41, 5.74) is 2.00. The monoisotopic (exact) mass is 310 g/mol. The van der Waals surface area contributed by atoms with Crippen LogP contribution in [0.25, 0.3) is 0 Å². The van der Waals surface area contributed by atoms with Crippen LogP contribution in [0.1, 0.15) is 55.4 Å². The molecule has 0 aliphatic rings. The van der Waals surface area contributed by atoms with Crippen LogP contribution in [0.5, 0.6) is 0 Å². The first-order chi connectivity index (χ1) is 8.16. The van der Waals surface area contributed by atoms with Gasteiger partial charge in [0.1, 0.15) is 0 Å². The molecule has 0 aliphatic heterocycles. The molecule has 0 saturated carbocycles. The van der Waals surface area contributed by atoms with Crippen LogP contribution < -0.4 is 0 Å². The lowest BCUT2D eigenvalue weighted by molar-refractivity contribution is 0.405. The predicted molar refractivity (Wildman–Crippen MR) is 85.9 cm³/mol. The molecule has 0 atom stereocenters. The fraction of sp³-hybridized carbons (Fsp3) is 1.00. The molecule has 0 unspecified atom stereocenters. The molecule has 0 aromatic rings. The van der Waals surface area contributed by atoms with E-state index in [0.29, 0.717) is 22.2 Å². The van der Waals surface area contributed by atoms with Crippen molar-refractivity contribution in [2.45, 2.75) is 77.6 Å². The fourth-order valence-corrected chi connectivity index (χ4v) is 12.3. The van der Waals surface area contributed by atoms with Crippen LogP contribution >= 0.6 is 8.25 Å². The summed E-state index contributed by atoms with van der Waals surface area (Å²) < 4.78 is 23.7. The van der Waals surface area contributed by atoms with Gasteiger partial charge in [-0.3, -0.25) is 4.57 Å². The van der Waals surface area contributed by atoms with Gasteiger partial charge in [0.2, 0.25) is 0 Å². The molecule has 0 aromatic carbocycles. The van der Waals surface area contributed by atoms with Crippen LogP contribution in [-0.2, 0) is 13.0 Å².